The SMILES string of the molecule is CCN(CC)c1ccc(-c2nnc(SCCCC(=O)OC)o2)cc1. The molecule has 2 aromatic rings. The molecule has 0 bridgehead atoms. The summed E-state index contributed by atoms with van der Waals surface area (Å²) in [5.74, 6) is 1.05. The molecule has 24 heavy (non-hydrogen) atoms. The number of nitrogens with zero attached hydrogens (tertiary/aromatic N) is 3. The van der Waals surface area contributed by atoms with Gasteiger partial charge in [0.2, 0.25) is 5.89 Å². The maximum Gasteiger partial charge on any atom is 0.305 e. The maximum atomic E-state index is 11.0. The molecule has 0 aliphatic rings. The van der Waals surface area contributed by atoms with Gasteiger partial charge in [0.05, 0.1) is 7.11 Å². The number of methoxy groups -OCH3 is 1. The second-order valence-corrected chi connectivity index (χ2v) is 6.17. The fraction of sp³-hybridized carbons (Fsp3) is 0.471. The molecule has 0 fully saturated rings. The first-order valence-corrected chi connectivity index (χ1v) is 9.05. The van der Waals surface area contributed by atoms with Crippen LogP contribution < -0.4 is 4.90 Å². The van der Waals surface area contributed by atoms with Crippen LogP contribution >= 0.6 is 11.8 Å². The number of hydrogen-bond donors (Lipinski definition) is 0. The number of aromatic nitrogens is 2. The zero-order valence-electron chi connectivity index (χ0n) is 14.3. The minimum absolute atomic E-state index is 0.199. The second kappa shape index (κ2) is 9.32. The van der Waals surface area contributed by atoms with Crippen LogP contribution in [-0.4, -0.2) is 42.1 Å². The highest BCUT2D eigenvalue weighted by Crippen LogP contribution is 2.25. The van der Waals surface area contributed by atoms with Gasteiger partial charge in [0.25, 0.3) is 5.22 Å². The monoisotopic (exact) mass is 349 g/mol. The largest absolute Gasteiger partial charge is 0.469 e. The van der Waals surface area contributed by atoms with Gasteiger partial charge in [0, 0.05) is 36.5 Å². The third kappa shape index (κ3) is 4.99. The number of anilines is 1. The summed E-state index contributed by atoms with van der Waals surface area (Å²) >= 11 is 1.45. The Morgan fingerprint density at radius 2 is 1.92 bits per heavy atom. The van der Waals surface area contributed by atoms with Crippen molar-refractivity contribution in [3.8, 4) is 11.5 Å². The Labute approximate surface area is 146 Å². The molecule has 1 heterocycles. The number of carbonyl (C=O) groups excluding carboxylic acids is 1. The van der Waals surface area contributed by atoms with Gasteiger partial charge in [-0.3, -0.25) is 4.79 Å². The lowest BCUT2D eigenvalue weighted by Gasteiger charge is -2.20. The van der Waals surface area contributed by atoms with E-state index < -0.39 is 0 Å². The standard InChI is InChI=1S/C17H23N3O3S/c1-4-20(5-2)14-10-8-13(9-11-14)16-18-19-17(23-16)24-12-6-7-15(21)22-3/h8-11H,4-7,12H2,1-3H3. The number of rotatable bonds is 9. The van der Waals surface area contributed by atoms with Crippen molar-refractivity contribution in [2.45, 2.75) is 31.9 Å². The summed E-state index contributed by atoms with van der Waals surface area (Å²) < 4.78 is 10.3. The number of esters is 1. The van der Waals surface area contributed by atoms with Crippen LogP contribution in [0.2, 0.25) is 0 Å². The van der Waals surface area contributed by atoms with E-state index in [1.807, 2.05) is 12.1 Å². The van der Waals surface area contributed by atoms with Crippen LogP contribution in [0.25, 0.3) is 11.5 Å². The summed E-state index contributed by atoms with van der Waals surface area (Å²) in [6.07, 6.45) is 1.12. The summed E-state index contributed by atoms with van der Waals surface area (Å²) in [6.45, 7) is 6.23. The van der Waals surface area contributed by atoms with Crippen molar-refractivity contribution in [3.63, 3.8) is 0 Å². The minimum Gasteiger partial charge on any atom is -0.469 e. The summed E-state index contributed by atoms with van der Waals surface area (Å²) in [6, 6.07) is 8.12. The molecule has 2 rings (SSSR count). The number of ether oxygens (including phenoxy) is 1. The van der Waals surface area contributed by atoms with Crippen molar-refractivity contribution >= 4 is 23.4 Å². The predicted octanol–water partition coefficient (Wildman–Crippen LogP) is 3.63. The fourth-order valence-corrected chi connectivity index (χ4v) is 2.97. The van der Waals surface area contributed by atoms with Gasteiger partial charge in [-0.2, -0.15) is 0 Å². The smallest absolute Gasteiger partial charge is 0.305 e. The van der Waals surface area contributed by atoms with Crippen LogP contribution in [0.15, 0.2) is 33.9 Å². The van der Waals surface area contributed by atoms with E-state index in [1.54, 1.807) is 0 Å². The molecule has 0 N–H and O–H groups in total. The molecule has 0 saturated carbocycles. The van der Waals surface area contributed by atoms with E-state index in [0.717, 1.165) is 24.4 Å². The van der Waals surface area contributed by atoms with Crippen molar-refractivity contribution in [1.29, 1.82) is 0 Å². The van der Waals surface area contributed by atoms with Gasteiger partial charge in [-0.1, -0.05) is 11.8 Å². The molecule has 0 aliphatic heterocycles. The van der Waals surface area contributed by atoms with Crippen molar-refractivity contribution in [1.82, 2.24) is 10.2 Å². The van der Waals surface area contributed by atoms with Gasteiger partial charge in [0.1, 0.15) is 0 Å². The molecule has 0 radical (unpaired) electrons. The zero-order valence-corrected chi connectivity index (χ0v) is 15.1. The molecule has 0 amide bonds. The van der Waals surface area contributed by atoms with Crippen LogP contribution in [0, 0.1) is 0 Å². The van der Waals surface area contributed by atoms with Crippen molar-refractivity contribution in [3.05, 3.63) is 24.3 Å². The van der Waals surface area contributed by atoms with Gasteiger partial charge in [-0.05, 0) is 44.5 Å². The predicted molar refractivity (Wildman–Crippen MR) is 95.3 cm³/mol. The second-order valence-electron chi connectivity index (χ2n) is 5.12. The van der Waals surface area contributed by atoms with Crippen molar-refractivity contribution < 1.29 is 13.9 Å². The molecule has 0 unspecified atom stereocenters. The first-order valence-electron chi connectivity index (χ1n) is 8.06. The normalized spacial score (nSPS) is 10.6. The summed E-state index contributed by atoms with van der Waals surface area (Å²) in [7, 11) is 1.39. The summed E-state index contributed by atoms with van der Waals surface area (Å²) in [5.41, 5.74) is 2.08. The van der Waals surface area contributed by atoms with E-state index in [-0.39, 0.29) is 5.97 Å². The Bertz CT molecular complexity index is 639. The van der Waals surface area contributed by atoms with E-state index in [1.165, 1.54) is 24.6 Å². The van der Waals surface area contributed by atoms with E-state index in [4.69, 9.17) is 4.42 Å². The number of benzene rings is 1. The van der Waals surface area contributed by atoms with Crippen LogP contribution in [-0.2, 0) is 9.53 Å². The Hall–Kier alpha value is -2.02. The van der Waals surface area contributed by atoms with Gasteiger partial charge in [-0.25, -0.2) is 0 Å². The van der Waals surface area contributed by atoms with Gasteiger partial charge >= 0.3 is 5.97 Å². The molecule has 0 spiro atoms. The molecule has 0 atom stereocenters. The van der Waals surface area contributed by atoms with Gasteiger partial charge in [-0.15, -0.1) is 10.2 Å². The van der Waals surface area contributed by atoms with Crippen LogP contribution in [0.4, 0.5) is 5.69 Å². The van der Waals surface area contributed by atoms with E-state index in [2.05, 4.69) is 45.8 Å². The molecule has 1 aromatic heterocycles. The first-order chi connectivity index (χ1) is 11.7. The molecular formula is C17H23N3O3S. The quantitative estimate of drug-likeness (QED) is 0.389. The Balaban J connectivity index is 1.91. The molecule has 7 heteroatoms. The highest BCUT2D eigenvalue weighted by atomic mass is 32.2. The van der Waals surface area contributed by atoms with E-state index in [0.29, 0.717) is 24.0 Å². The third-order valence-corrected chi connectivity index (χ3v) is 4.53. The molecule has 6 nitrogen and oxygen atoms in total. The summed E-state index contributed by atoms with van der Waals surface area (Å²) in [4.78, 5) is 13.3. The average molecular weight is 349 g/mol. The van der Waals surface area contributed by atoms with Gasteiger partial charge < -0.3 is 14.1 Å². The van der Waals surface area contributed by atoms with Crippen LogP contribution in [0.5, 0.6) is 0 Å². The molecule has 0 saturated heterocycles. The topological polar surface area (TPSA) is 68.5 Å². The Morgan fingerprint density at radius 3 is 2.54 bits per heavy atom. The first kappa shape index (κ1) is 18.3. The molecular weight excluding hydrogens is 326 g/mol. The lowest BCUT2D eigenvalue weighted by atomic mass is 10.2. The van der Waals surface area contributed by atoms with Crippen LogP contribution in [0.1, 0.15) is 26.7 Å². The van der Waals surface area contributed by atoms with Crippen molar-refractivity contribution in [2.75, 3.05) is 30.9 Å². The number of carbonyl (C=O) groups is 1. The zero-order chi connectivity index (χ0) is 17.4. The number of thioether (sulfide) groups is 1. The highest BCUT2D eigenvalue weighted by Gasteiger charge is 2.10. The highest BCUT2D eigenvalue weighted by molar-refractivity contribution is 7.99. The molecule has 0 aliphatic carbocycles. The summed E-state index contributed by atoms with van der Waals surface area (Å²) in [5, 5.41) is 8.64. The Morgan fingerprint density at radius 1 is 1.21 bits per heavy atom. The van der Waals surface area contributed by atoms with Gasteiger partial charge in [0.15, 0.2) is 0 Å². The maximum absolute atomic E-state index is 11.0. The van der Waals surface area contributed by atoms with Crippen LogP contribution in [0.3, 0.4) is 0 Å². The molecule has 130 valence electrons. The average Bonchev–Trinajstić information content (AvgIpc) is 3.09. The fourth-order valence-electron chi connectivity index (χ4n) is 2.27. The lowest BCUT2D eigenvalue weighted by molar-refractivity contribution is -0.140. The number of hydrogen-bond acceptors (Lipinski definition) is 7. The van der Waals surface area contributed by atoms with E-state index in [9.17, 15) is 4.79 Å². The van der Waals surface area contributed by atoms with Crippen molar-refractivity contribution in [2.24, 2.45) is 0 Å². The van der Waals surface area contributed by atoms with E-state index >= 15 is 0 Å². The third-order valence-electron chi connectivity index (χ3n) is 3.63. The molecule has 1 aromatic carbocycles. The lowest BCUT2D eigenvalue weighted by Crippen LogP contribution is -2.21. The Kier molecular flexibility index (Phi) is 7.11. The minimum atomic E-state index is -0.199.